The smallest absolute Gasteiger partial charge is 0.0724 e. The van der Waals surface area contributed by atoms with Crippen molar-refractivity contribution in [2.24, 2.45) is 0 Å². The van der Waals surface area contributed by atoms with Gasteiger partial charge in [0.15, 0.2) is 0 Å². The number of carbonyl (C=O) groups excluding carboxylic acids is 2. The molecule has 0 heterocycles. The van der Waals surface area contributed by atoms with Crippen molar-refractivity contribution < 1.29 is 19.8 Å². The molecule has 0 aliphatic heterocycles. The van der Waals surface area contributed by atoms with E-state index in [0.29, 0.717) is 29.1 Å². The second kappa shape index (κ2) is 9.00. The lowest BCUT2D eigenvalue weighted by Crippen LogP contribution is -2.32. The van der Waals surface area contributed by atoms with E-state index >= 15 is 0 Å². The Morgan fingerprint density at radius 1 is 0.955 bits per heavy atom. The van der Waals surface area contributed by atoms with E-state index in [4.69, 9.17) is 0 Å². The Kier molecular flexibility index (Phi) is 8.02. The molecule has 0 spiro atoms. The van der Waals surface area contributed by atoms with E-state index in [0.717, 1.165) is 0 Å². The summed E-state index contributed by atoms with van der Waals surface area (Å²) in [5.74, 6) is -2.17. The maximum atomic E-state index is 11.4. The molecule has 2 atom stereocenters. The molecule has 0 aliphatic rings. The van der Waals surface area contributed by atoms with Crippen LogP contribution in [0.2, 0.25) is 0 Å². The van der Waals surface area contributed by atoms with Gasteiger partial charge in [0.1, 0.15) is 0 Å². The van der Waals surface area contributed by atoms with Crippen LogP contribution >= 0.6 is 50.5 Å². The largest absolute Gasteiger partial charge is 0.545 e. The molecule has 122 valence electrons. The van der Waals surface area contributed by atoms with Crippen molar-refractivity contribution in [2.75, 3.05) is 11.5 Å². The van der Waals surface area contributed by atoms with Crippen LogP contribution < -0.4 is 10.2 Å². The van der Waals surface area contributed by atoms with E-state index in [1.165, 1.54) is 6.07 Å². The molecule has 8 heteroatoms. The summed E-state index contributed by atoms with van der Waals surface area (Å²) in [6.07, 6.45) is 0.724. The van der Waals surface area contributed by atoms with Crippen LogP contribution in [-0.2, 0) is 12.8 Å². The molecule has 4 nitrogen and oxygen atoms in total. The topological polar surface area (TPSA) is 80.3 Å². The van der Waals surface area contributed by atoms with Crippen LogP contribution in [-0.4, -0.2) is 33.9 Å². The third-order valence-electron chi connectivity index (χ3n) is 3.15. The number of hydrogen-bond acceptors (Lipinski definition) is 8. The van der Waals surface area contributed by atoms with Crippen molar-refractivity contribution in [1.82, 2.24) is 0 Å². The lowest BCUT2D eigenvalue weighted by molar-refractivity contribution is -0.259. The number of aromatic carboxylic acids is 2. The molecule has 2 unspecified atom stereocenters. The number of hydrogen-bond donors (Lipinski definition) is 4. The van der Waals surface area contributed by atoms with E-state index in [1.54, 1.807) is 6.07 Å². The van der Waals surface area contributed by atoms with Crippen LogP contribution in [0, 0.1) is 0 Å². The number of benzene rings is 1. The fourth-order valence-corrected chi connectivity index (χ4v) is 2.77. The monoisotopic (exact) mass is 376 g/mol. The summed E-state index contributed by atoms with van der Waals surface area (Å²) in [7, 11) is 0. The van der Waals surface area contributed by atoms with Gasteiger partial charge in [0.25, 0.3) is 0 Å². The van der Waals surface area contributed by atoms with E-state index in [1.807, 2.05) is 0 Å². The molecule has 22 heavy (non-hydrogen) atoms. The number of rotatable bonds is 8. The SMILES string of the molecule is O=C([O-])c1ccc(CC(S)CS)c(CC(S)CS)c1C(=O)[O-]. The third-order valence-corrected chi connectivity index (χ3v) is 5.34. The van der Waals surface area contributed by atoms with E-state index in [9.17, 15) is 19.8 Å². The Bertz CT molecular complexity index is 562. The molecule has 0 bridgehead atoms. The molecule has 0 aliphatic carbocycles. The number of carboxylic acid groups (broad SMARTS) is 2. The molecule has 0 aromatic heterocycles. The molecule has 1 aromatic rings. The molecule has 0 N–H and O–H groups in total. The van der Waals surface area contributed by atoms with Gasteiger partial charge in [-0.2, -0.15) is 50.5 Å². The fourth-order valence-electron chi connectivity index (χ4n) is 2.14. The van der Waals surface area contributed by atoms with Crippen molar-refractivity contribution in [3.63, 3.8) is 0 Å². The summed E-state index contributed by atoms with van der Waals surface area (Å²) in [6.45, 7) is 0. The number of thiol groups is 4. The van der Waals surface area contributed by atoms with Crippen molar-refractivity contribution >= 4 is 62.5 Å². The van der Waals surface area contributed by atoms with Gasteiger partial charge in [0.05, 0.1) is 11.9 Å². The average molecular weight is 377 g/mol. The highest BCUT2D eigenvalue weighted by Crippen LogP contribution is 2.25. The summed E-state index contributed by atoms with van der Waals surface area (Å²) in [4.78, 5) is 22.6. The van der Waals surface area contributed by atoms with Crippen LogP contribution in [0.4, 0.5) is 0 Å². The molecular formula is C14H16O4S4-2. The van der Waals surface area contributed by atoms with Crippen LogP contribution in [0.1, 0.15) is 31.8 Å². The molecule has 0 amide bonds. The minimum atomic E-state index is -1.55. The Balaban J connectivity index is 3.47. The molecular weight excluding hydrogens is 360 g/mol. The zero-order chi connectivity index (χ0) is 16.9. The van der Waals surface area contributed by atoms with Crippen LogP contribution in [0.3, 0.4) is 0 Å². The Morgan fingerprint density at radius 2 is 1.50 bits per heavy atom. The Morgan fingerprint density at radius 3 is 1.95 bits per heavy atom. The predicted octanol–water partition coefficient (Wildman–Crippen LogP) is -0.0450. The average Bonchev–Trinajstić information content (AvgIpc) is 2.47. The fraction of sp³-hybridized carbons (Fsp3) is 0.429. The molecule has 0 saturated heterocycles. The van der Waals surface area contributed by atoms with Crippen LogP contribution in [0.15, 0.2) is 12.1 Å². The van der Waals surface area contributed by atoms with E-state index < -0.39 is 11.9 Å². The first-order chi connectivity index (χ1) is 10.3. The molecule has 1 aromatic carbocycles. The molecule has 0 saturated carbocycles. The summed E-state index contributed by atoms with van der Waals surface area (Å²) in [5.41, 5.74) is 0.341. The lowest BCUT2D eigenvalue weighted by atomic mass is 9.90. The van der Waals surface area contributed by atoms with Gasteiger partial charge in [-0.3, -0.25) is 0 Å². The van der Waals surface area contributed by atoms with Gasteiger partial charge in [-0.05, 0) is 24.0 Å². The third kappa shape index (κ3) is 5.04. The highest BCUT2D eigenvalue weighted by Gasteiger charge is 2.18. The number of carbonyl (C=O) groups is 2. The van der Waals surface area contributed by atoms with Crippen molar-refractivity contribution in [3.8, 4) is 0 Å². The van der Waals surface area contributed by atoms with Crippen molar-refractivity contribution in [2.45, 2.75) is 23.3 Å². The minimum absolute atomic E-state index is 0.0835. The molecule has 0 fully saturated rings. The highest BCUT2D eigenvalue weighted by atomic mass is 32.1. The maximum absolute atomic E-state index is 11.4. The second-order valence-electron chi connectivity index (χ2n) is 4.78. The quantitative estimate of drug-likeness (QED) is 0.480. The van der Waals surface area contributed by atoms with Crippen molar-refractivity contribution in [3.05, 3.63) is 34.4 Å². The first kappa shape index (κ1) is 19.6. The Hall–Kier alpha value is -0.440. The first-order valence-electron chi connectivity index (χ1n) is 6.47. The van der Waals surface area contributed by atoms with Gasteiger partial charge in [-0.1, -0.05) is 12.1 Å². The van der Waals surface area contributed by atoms with Gasteiger partial charge < -0.3 is 19.8 Å². The molecule has 0 radical (unpaired) electrons. The lowest BCUT2D eigenvalue weighted by Gasteiger charge is -2.22. The standard InChI is InChI=1S/C14H18O4S4/c15-13(16)10-2-1-7(3-8(21)5-19)11(4-9(22)6-20)12(10)14(17)18/h1-2,8-9,19-22H,3-6H2,(H,15,16)(H,17,18)/p-2. The van der Waals surface area contributed by atoms with Crippen LogP contribution in [0.25, 0.3) is 0 Å². The van der Waals surface area contributed by atoms with Crippen molar-refractivity contribution in [1.29, 1.82) is 0 Å². The summed E-state index contributed by atoms with van der Waals surface area (Å²) in [5, 5.41) is 22.3. The van der Waals surface area contributed by atoms with Gasteiger partial charge in [-0.15, -0.1) is 0 Å². The first-order valence-corrected chi connectivity index (χ1v) is 8.76. The summed E-state index contributed by atoms with van der Waals surface area (Å²) < 4.78 is 0. The summed E-state index contributed by atoms with van der Waals surface area (Å²) in [6, 6.07) is 2.81. The highest BCUT2D eigenvalue weighted by molar-refractivity contribution is 7.85. The minimum Gasteiger partial charge on any atom is -0.545 e. The van der Waals surface area contributed by atoms with Gasteiger partial charge >= 0.3 is 0 Å². The number of carboxylic acids is 2. The predicted molar refractivity (Wildman–Crippen MR) is 95.8 cm³/mol. The van der Waals surface area contributed by atoms with E-state index in [2.05, 4.69) is 50.5 Å². The zero-order valence-electron chi connectivity index (χ0n) is 11.6. The van der Waals surface area contributed by atoms with E-state index in [-0.39, 0.29) is 28.0 Å². The molecule has 1 rings (SSSR count). The summed E-state index contributed by atoms with van der Waals surface area (Å²) >= 11 is 16.9. The normalized spacial score (nSPS) is 13.6. The Labute approximate surface area is 151 Å². The second-order valence-corrected chi connectivity index (χ2v) is 6.97. The van der Waals surface area contributed by atoms with Gasteiger partial charge in [-0.25, -0.2) is 0 Å². The zero-order valence-corrected chi connectivity index (χ0v) is 15.1. The van der Waals surface area contributed by atoms with Crippen LogP contribution in [0.5, 0.6) is 0 Å². The van der Waals surface area contributed by atoms with Gasteiger partial charge in [0, 0.05) is 33.1 Å². The maximum Gasteiger partial charge on any atom is 0.0724 e. The van der Waals surface area contributed by atoms with Gasteiger partial charge in [0.2, 0.25) is 0 Å².